The molecule has 134 valence electrons. The Bertz CT molecular complexity index is 938. The zero-order chi connectivity index (χ0) is 18.1. The van der Waals surface area contributed by atoms with E-state index in [0.717, 1.165) is 36.3 Å². The maximum absolute atomic E-state index is 14.1. The number of nitrogens with zero attached hydrogens (tertiary/aromatic N) is 1. The molecule has 0 aliphatic carbocycles. The van der Waals surface area contributed by atoms with Gasteiger partial charge in [-0.2, -0.15) is 0 Å². The van der Waals surface area contributed by atoms with Crippen molar-refractivity contribution in [1.29, 1.82) is 0 Å². The molecular weight excluding hydrogens is 347 g/mol. The highest BCUT2D eigenvalue weighted by molar-refractivity contribution is 7.21. The second-order valence-corrected chi connectivity index (χ2v) is 7.90. The SMILES string of the molecule is Cc1c(C(=O)N[C@H]2CCN(Cc3ccccc3)C2)sc2cccc(F)c12. The minimum absolute atomic E-state index is 0.0883. The number of benzene rings is 2. The van der Waals surface area contributed by atoms with Gasteiger partial charge in [0.25, 0.3) is 5.91 Å². The predicted molar refractivity (Wildman–Crippen MR) is 104 cm³/mol. The molecule has 1 saturated heterocycles. The Labute approximate surface area is 156 Å². The molecule has 0 radical (unpaired) electrons. The average molecular weight is 368 g/mol. The molecule has 1 fully saturated rings. The Morgan fingerprint density at radius 2 is 2.04 bits per heavy atom. The summed E-state index contributed by atoms with van der Waals surface area (Å²) in [4.78, 5) is 15.7. The predicted octanol–water partition coefficient (Wildman–Crippen LogP) is 4.35. The van der Waals surface area contributed by atoms with Gasteiger partial charge in [-0.1, -0.05) is 36.4 Å². The monoisotopic (exact) mass is 368 g/mol. The van der Waals surface area contributed by atoms with Gasteiger partial charge in [0.05, 0.1) is 4.88 Å². The summed E-state index contributed by atoms with van der Waals surface area (Å²) in [6, 6.07) is 15.5. The fraction of sp³-hybridized carbons (Fsp3) is 0.286. The van der Waals surface area contributed by atoms with Crippen LogP contribution >= 0.6 is 11.3 Å². The van der Waals surface area contributed by atoms with E-state index in [4.69, 9.17) is 0 Å². The molecule has 1 N–H and O–H groups in total. The van der Waals surface area contributed by atoms with E-state index in [1.165, 1.54) is 23.0 Å². The molecule has 2 aromatic carbocycles. The third-order valence-electron chi connectivity index (χ3n) is 4.97. The van der Waals surface area contributed by atoms with E-state index in [1.54, 1.807) is 6.07 Å². The van der Waals surface area contributed by atoms with Crippen molar-refractivity contribution >= 4 is 27.3 Å². The van der Waals surface area contributed by atoms with E-state index in [0.29, 0.717) is 10.3 Å². The first kappa shape index (κ1) is 17.2. The maximum atomic E-state index is 14.1. The Hall–Kier alpha value is -2.24. The van der Waals surface area contributed by atoms with E-state index in [9.17, 15) is 9.18 Å². The van der Waals surface area contributed by atoms with Gasteiger partial charge in [-0.3, -0.25) is 9.69 Å². The number of aryl methyl sites for hydroxylation is 1. The van der Waals surface area contributed by atoms with Gasteiger partial charge < -0.3 is 5.32 Å². The summed E-state index contributed by atoms with van der Waals surface area (Å²) in [5.41, 5.74) is 2.02. The lowest BCUT2D eigenvalue weighted by Crippen LogP contribution is -2.36. The zero-order valence-electron chi connectivity index (χ0n) is 14.7. The fourth-order valence-corrected chi connectivity index (χ4v) is 4.78. The normalized spacial score (nSPS) is 17.7. The summed E-state index contributed by atoms with van der Waals surface area (Å²) in [5, 5.41) is 3.71. The van der Waals surface area contributed by atoms with Gasteiger partial charge in [-0.25, -0.2) is 4.39 Å². The zero-order valence-corrected chi connectivity index (χ0v) is 15.5. The van der Waals surface area contributed by atoms with Crippen LogP contribution in [0.5, 0.6) is 0 Å². The third-order valence-corrected chi connectivity index (χ3v) is 6.22. The van der Waals surface area contributed by atoms with Gasteiger partial charge in [0.15, 0.2) is 0 Å². The molecule has 1 amide bonds. The van der Waals surface area contributed by atoms with E-state index in [1.807, 2.05) is 31.2 Å². The quantitative estimate of drug-likeness (QED) is 0.742. The van der Waals surface area contributed by atoms with Crippen LogP contribution < -0.4 is 5.32 Å². The molecule has 1 aliphatic rings. The molecule has 0 unspecified atom stereocenters. The van der Waals surface area contributed by atoms with Crippen LogP contribution in [0, 0.1) is 12.7 Å². The van der Waals surface area contributed by atoms with Crippen LogP contribution in [0.25, 0.3) is 10.1 Å². The van der Waals surface area contributed by atoms with Crippen LogP contribution in [0.1, 0.15) is 27.2 Å². The topological polar surface area (TPSA) is 32.3 Å². The van der Waals surface area contributed by atoms with Gasteiger partial charge in [0.2, 0.25) is 0 Å². The molecule has 0 saturated carbocycles. The molecule has 0 spiro atoms. The molecule has 2 heterocycles. The lowest BCUT2D eigenvalue weighted by atomic mass is 10.1. The van der Waals surface area contributed by atoms with Gasteiger partial charge in [-0.15, -0.1) is 11.3 Å². The van der Waals surface area contributed by atoms with Gasteiger partial charge in [0.1, 0.15) is 5.82 Å². The highest BCUT2D eigenvalue weighted by Crippen LogP contribution is 2.32. The second-order valence-electron chi connectivity index (χ2n) is 6.85. The Kier molecular flexibility index (Phi) is 4.74. The van der Waals surface area contributed by atoms with Gasteiger partial charge in [-0.05, 0) is 36.6 Å². The van der Waals surface area contributed by atoms with E-state index < -0.39 is 0 Å². The van der Waals surface area contributed by atoms with Crippen molar-refractivity contribution in [3.63, 3.8) is 0 Å². The first-order valence-electron chi connectivity index (χ1n) is 8.86. The number of carbonyl (C=O) groups excluding carboxylic acids is 1. The molecule has 26 heavy (non-hydrogen) atoms. The van der Waals surface area contributed by atoms with Gasteiger partial charge >= 0.3 is 0 Å². The molecule has 1 aliphatic heterocycles. The van der Waals surface area contributed by atoms with Crippen LogP contribution in [0.15, 0.2) is 48.5 Å². The molecule has 0 bridgehead atoms. The molecule has 1 atom stereocenters. The van der Waals surface area contributed by atoms with Crippen molar-refractivity contribution in [3.05, 3.63) is 70.4 Å². The lowest BCUT2D eigenvalue weighted by molar-refractivity contribution is 0.0941. The molecule has 1 aromatic heterocycles. The standard InChI is InChI=1S/C21H21FN2OS/c1-14-19-17(22)8-5-9-18(19)26-20(14)21(25)23-16-10-11-24(13-16)12-15-6-3-2-4-7-15/h2-9,16H,10-13H2,1H3,(H,23,25)/t16-/m0/s1. The summed E-state index contributed by atoms with van der Waals surface area (Å²) in [5.74, 6) is -0.347. The number of halogens is 1. The van der Waals surface area contributed by atoms with Crippen LogP contribution in [0.2, 0.25) is 0 Å². The molecule has 3 nitrogen and oxygen atoms in total. The fourth-order valence-electron chi connectivity index (χ4n) is 3.66. The number of hydrogen-bond donors (Lipinski definition) is 1. The smallest absolute Gasteiger partial charge is 0.261 e. The first-order chi connectivity index (χ1) is 12.6. The maximum Gasteiger partial charge on any atom is 0.261 e. The largest absolute Gasteiger partial charge is 0.347 e. The summed E-state index contributed by atoms with van der Waals surface area (Å²) >= 11 is 1.37. The van der Waals surface area contributed by atoms with E-state index in [2.05, 4.69) is 22.3 Å². The number of carbonyl (C=O) groups is 1. The van der Waals surface area contributed by atoms with Crippen LogP contribution in [-0.4, -0.2) is 29.9 Å². The van der Waals surface area contributed by atoms with Crippen molar-refractivity contribution in [2.24, 2.45) is 0 Å². The van der Waals surface area contributed by atoms with Crippen LogP contribution in [0.3, 0.4) is 0 Å². The van der Waals surface area contributed by atoms with Crippen molar-refractivity contribution in [2.45, 2.75) is 25.9 Å². The number of fused-ring (bicyclic) bond motifs is 1. The lowest BCUT2D eigenvalue weighted by Gasteiger charge is -2.16. The minimum atomic E-state index is -0.259. The molecular formula is C21H21FN2OS. The molecule has 5 heteroatoms. The van der Waals surface area contributed by atoms with E-state index in [-0.39, 0.29) is 17.8 Å². The van der Waals surface area contributed by atoms with Crippen LogP contribution in [-0.2, 0) is 6.54 Å². The van der Waals surface area contributed by atoms with Crippen molar-refractivity contribution in [2.75, 3.05) is 13.1 Å². The number of nitrogens with one attached hydrogen (secondary N) is 1. The average Bonchev–Trinajstić information content (AvgIpc) is 3.21. The highest BCUT2D eigenvalue weighted by atomic mass is 32.1. The number of amides is 1. The molecule has 3 aromatic rings. The van der Waals surface area contributed by atoms with E-state index >= 15 is 0 Å². The Morgan fingerprint density at radius 3 is 2.81 bits per heavy atom. The summed E-state index contributed by atoms with van der Waals surface area (Å²) in [6.45, 7) is 4.55. The Balaban J connectivity index is 1.43. The number of rotatable bonds is 4. The number of hydrogen-bond acceptors (Lipinski definition) is 3. The number of thiophene rings is 1. The third kappa shape index (κ3) is 3.37. The van der Waals surface area contributed by atoms with Crippen molar-refractivity contribution in [1.82, 2.24) is 10.2 Å². The van der Waals surface area contributed by atoms with Gasteiger partial charge in [0, 0.05) is 35.8 Å². The second kappa shape index (κ2) is 7.17. The first-order valence-corrected chi connectivity index (χ1v) is 9.68. The van der Waals surface area contributed by atoms with Crippen molar-refractivity contribution in [3.8, 4) is 0 Å². The minimum Gasteiger partial charge on any atom is -0.347 e. The molecule has 4 rings (SSSR count). The summed E-state index contributed by atoms with van der Waals surface area (Å²) < 4.78 is 14.9. The summed E-state index contributed by atoms with van der Waals surface area (Å²) in [6.07, 6.45) is 0.941. The Morgan fingerprint density at radius 1 is 1.23 bits per heavy atom. The van der Waals surface area contributed by atoms with Crippen LogP contribution in [0.4, 0.5) is 4.39 Å². The van der Waals surface area contributed by atoms with Crippen molar-refractivity contribution < 1.29 is 9.18 Å². The summed E-state index contributed by atoms with van der Waals surface area (Å²) in [7, 11) is 0. The number of likely N-dealkylation sites (tertiary alicyclic amines) is 1. The highest BCUT2D eigenvalue weighted by Gasteiger charge is 2.26.